The highest BCUT2D eigenvalue weighted by atomic mass is 16.5. The number of hydrogen-bond donors (Lipinski definition) is 1. The van der Waals surface area contributed by atoms with Gasteiger partial charge in [-0.25, -0.2) is 9.78 Å². The van der Waals surface area contributed by atoms with Gasteiger partial charge in [-0.1, -0.05) is 13.8 Å². The van der Waals surface area contributed by atoms with Crippen molar-refractivity contribution in [1.29, 1.82) is 0 Å². The molecule has 0 radical (unpaired) electrons. The molecule has 4 heteroatoms. The molecule has 1 saturated carbocycles. The van der Waals surface area contributed by atoms with Gasteiger partial charge in [-0.2, -0.15) is 0 Å². The van der Waals surface area contributed by atoms with Crippen LogP contribution in [0.4, 0.5) is 0 Å². The molecule has 1 fully saturated rings. The quantitative estimate of drug-likeness (QED) is 0.894. The number of hydrogen-bond acceptors (Lipinski definition) is 3. The summed E-state index contributed by atoms with van der Waals surface area (Å²) in [6.45, 7) is 4.56. The van der Waals surface area contributed by atoms with Gasteiger partial charge in [-0.15, -0.1) is 0 Å². The van der Waals surface area contributed by atoms with E-state index >= 15 is 0 Å². The molecule has 0 spiro atoms. The van der Waals surface area contributed by atoms with Crippen LogP contribution in [0, 0.1) is 5.41 Å². The highest BCUT2D eigenvalue weighted by Crippen LogP contribution is 2.36. The van der Waals surface area contributed by atoms with E-state index in [4.69, 9.17) is 9.84 Å². The molecule has 1 N–H and O–H groups in total. The molecule has 4 nitrogen and oxygen atoms in total. The third-order valence-corrected chi connectivity index (χ3v) is 3.56. The molecule has 2 rings (SSSR count). The van der Waals surface area contributed by atoms with Crippen LogP contribution in [-0.2, 0) is 0 Å². The summed E-state index contributed by atoms with van der Waals surface area (Å²) in [6.07, 6.45) is 5.94. The second kappa shape index (κ2) is 4.96. The number of carboxylic acids is 1. The topological polar surface area (TPSA) is 59.4 Å². The molecule has 1 aromatic rings. The van der Waals surface area contributed by atoms with Crippen molar-refractivity contribution in [2.24, 2.45) is 5.41 Å². The normalized spacial score (nSPS) is 19.4. The third-order valence-electron chi connectivity index (χ3n) is 3.56. The van der Waals surface area contributed by atoms with Crippen molar-refractivity contribution in [1.82, 2.24) is 4.98 Å². The summed E-state index contributed by atoms with van der Waals surface area (Å²) >= 11 is 0. The largest absolute Gasteiger partial charge is 0.478 e. The van der Waals surface area contributed by atoms with Crippen LogP contribution in [0.2, 0.25) is 0 Å². The lowest BCUT2D eigenvalue weighted by atomic mass is 9.76. The van der Waals surface area contributed by atoms with Crippen molar-refractivity contribution in [3.8, 4) is 5.88 Å². The summed E-state index contributed by atoms with van der Waals surface area (Å²) < 4.78 is 5.78. The van der Waals surface area contributed by atoms with Gasteiger partial charge in [0.05, 0.1) is 5.56 Å². The van der Waals surface area contributed by atoms with E-state index in [0.717, 1.165) is 25.7 Å². The van der Waals surface area contributed by atoms with E-state index in [1.165, 1.54) is 12.3 Å². The number of carbonyl (C=O) groups is 1. The fourth-order valence-electron chi connectivity index (χ4n) is 2.24. The molecule has 0 amide bonds. The zero-order valence-electron chi connectivity index (χ0n) is 10.8. The first-order valence-corrected chi connectivity index (χ1v) is 6.32. The Morgan fingerprint density at radius 1 is 1.39 bits per heavy atom. The van der Waals surface area contributed by atoms with Gasteiger partial charge in [0.2, 0.25) is 5.88 Å². The van der Waals surface area contributed by atoms with Gasteiger partial charge >= 0.3 is 5.97 Å². The lowest BCUT2D eigenvalue weighted by molar-refractivity contribution is 0.0695. The van der Waals surface area contributed by atoms with Gasteiger partial charge in [0, 0.05) is 12.3 Å². The first-order valence-electron chi connectivity index (χ1n) is 6.32. The molecule has 0 bridgehead atoms. The minimum atomic E-state index is -0.964. The van der Waals surface area contributed by atoms with E-state index in [1.807, 2.05) is 0 Å². The zero-order chi connectivity index (χ0) is 13.2. The molecule has 98 valence electrons. The van der Waals surface area contributed by atoms with E-state index in [2.05, 4.69) is 18.8 Å². The molecule has 1 heterocycles. The van der Waals surface area contributed by atoms with Gasteiger partial charge in [0.25, 0.3) is 0 Å². The van der Waals surface area contributed by atoms with Crippen molar-refractivity contribution in [3.05, 3.63) is 23.9 Å². The summed E-state index contributed by atoms with van der Waals surface area (Å²) in [6, 6.07) is 3.15. The highest BCUT2D eigenvalue weighted by Gasteiger charge is 2.27. The molecular formula is C14H19NO3. The van der Waals surface area contributed by atoms with E-state index in [0.29, 0.717) is 11.3 Å². The molecule has 0 saturated heterocycles. The van der Waals surface area contributed by atoms with Crippen molar-refractivity contribution < 1.29 is 14.6 Å². The maximum atomic E-state index is 10.7. The first-order chi connectivity index (χ1) is 8.46. The van der Waals surface area contributed by atoms with E-state index in [9.17, 15) is 4.79 Å². The van der Waals surface area contributed by atoms with Crippen molar-refractivity contribution >= 4 is 5.97 Å². The standard InChI is InChI=1S/C14H19NO3/c1-14(2)7-5-11(6-8-14)18-12-4-3-10(9-15-12)13(16)17/h3-4,9,11H,5-8H2,1-2H3,(H,16,17). The predicted octanol–water partition coefficient (Wildman–Crippen LogP) is 3.13. The monoisotopic (exact) mass is 249 g/mol. The van der Waals surface area contributed by atoms with Crippen LogP contribution in [0.3, 0.4) is 0 Å². The van der Waals surface area contributed by atoms with Gasteiger partial charge < -0.3 is 9.84 Å². The number of carboxylic acid groups (broad SMARTS) is 1. The number of pyridine rings is 1. The van der Waals surface area contributed by atoms with Crippen LogP contribution in [0.1, 0.15) is 49.9 Å². The van der Waals surface area contributed by atoms with E-state index in [-0.39, 0.29) is 11.7 Å². The van der Waals surface area contributed by atoms with Crippen LogP contribution in [0.15, 0.2) is 18.3 Å². The van der Waals surface area contributed by atoms with Crippen molar-refractivity contribution in [3.63, 3.8) is 0 Å². The van der Waals surface area contributed by atoms with Crippen LogP contribution in [0.5, 0.6) is 5.88 Å². The lowest BCUT2D eigenvalue weighted by Gasteiger charge is -2.34. The van der Waals surface area contributed by atoms with Gasteiger partial charge in [0.15, 0.2) is 0 Å². The molecule has 0 aliphatic heterocycles. The Bertz CT molecular complexity index is 415. The zero-order valence-corrected chi connectivity index (χ0v) is 10.8. The SMILES string of the molecule is CC1(C)CCC(Oc2ccc(C(=O)O)cn2)CC1. The Balaban J connectivity index is 1.92. The summed E-state index contributed by atoms with van der Waals surface area (Å²) in [5.41, 5.74) is 0.604. The number of rotatable bonds is 3. The van der Waals surface area contributed by atoms with Gasteiger partial charge in [0.1, 0.15) is 6.10 Å². The van der Waals surface area contributed by atoms with E-state index in [1.54, 1.807) is 6.07 Å². The molecule has 18 heavy (non-hydrogen) atoms. The summed E-state index contributed by atoms with van der Waals surface area (Å²) in [4.78, 5) is 14.7. The fourth-order valence-corrected chi connectivity index (χ4v) is 2.24. The van der Waals surface area contributed by atoms with Crippen LogP contribution < -0.4 is 4.74 Å². The summed E-state index contributed by atoms with van der Waals surface area (Å²) in [5.74, 6) is -0.446. The summed E-state index contributed by atoms with van der Waals surface area (Å²) in [7, 11) is 0. The van der Waals surface area contributed by atoms with Gasteiger partial charge in [-0.05, 0) is 37.2 Å². The highest BCUT2D eigenvalue weighted by molar-refractivity contribution is 5.87. The Kier molecular flexibility index (Phi) is 3.55. The Morgan fingerprint density at radius 3 is 2.56 bits per heavy atom. The second-order valence-electron chi connectivity index (χ2n) is 5.67. The minimum Gasteiger partial charge on any atom is -0.478 e. The van der Waals surface area contributed by atoms with Crippen LogP contribution >= 0.6 is 0 Å². The van der Waals surface area contributed by atoms with Gasteiger partial charge in [-0.3, -0.25) is 0 Å². The Hall–Kier alpha value is -1.58. The predicted molar refractivity (Wildman–Crippen MR) is 67.9 cm³/mol. The smallest absolute Gasteiger partial charge is 0.337 e. The molecule has 0 unspecified atom stereocenters. The third kappa shape index (κ3) is 3.22. The summed E-state index contributed by atoms with van der Waals surface area (Å²) in [5, 5.41) is 8.77. The molecule has 1 aromatic heterocycles. The second-order valence-corrected chi connectivity index (χ2v) is 5.67. The molecule has 0 atom stereocenters. The average molecular weight is 249 g/mol. The molecular weight excluding hydrogens is 230 g/mol. The fraction of sp³-hybridized carbons (Fsp3) is 0.571. The van der Waals surface area contributed by atoms with Crippen molar-refractivity contribution in [2.45, 2.75) is 45.6 Å². The number of aromatic nitrogens is 1. The van der Waals surface area contributed by atoms with Crippen molar-refractivity contribution in [2.75, 3.05) is 0 Å². The maximum Gasteiger partial charge on any atom is 0.337 e. The Labute approximate surface area is 107 Å². The molecule has 0 aromatic carbocycles. The first kappa shape index (κ1) is 12.9. The maximum absolute atomic E-state index is 10.7. The number of ether oxygens (including phenoxy) is 1. The minimum absolute atomic E-state index is 0.187. The van der Waals surface area contributed by atoms with Crippen LogP contribution in [0.25, 0.3) is 0 Å². The van der Waals surface area contributed by atoms with Crippen LogP contribution in [-0.4, -0.2) is 22.2 Å². The Morgan fingerprint density at radius 2 is 2.06 bits per heavy atom. The lowest BCUT2D eigenvalue weighted by Crippen LogP contribution is -2.28. The number of nitrogens with zero attached hydrogens (tertiary/aromatic N) is 1. The number of aromatic carboxylic acids is 1. The average Bonchev–Trinajstić information content (AvgIpc) is 2.33. The molecule has 1 aliphatic rings. The van der Waals surface area contributed by atoms with E-state index < -0.39 is 5.97 Å². The molecule has 1 aliphatic carbocycles.